The predicted octanol–water partition coefficient (Wildman–Crippen LogP) is 3.63. The number of anilines is 2. The van der Waals surface area contributed by atoms with Crippen molar-refractivity contribution in [3.05, 3.63) is 63.1 Å². The van der Waals surface area contributed by atoms with Crippen molar-refractivity contribution >= 4 is 56.8 Å². The van der Waals surface area contributed by atoms with E-state index >= 15 is 0 Å². The molecule has 2 aromatic carbocycles. The second kappa shape index (κ2) is 6.90. The van der Waals surface area contributed by atoms with E-state index in [9.17, 15) is 9.59 Å². The zero-order valence-corrected chi connectivity index (χ0v) is 15.9. The summed E-state index contributed by atoms with van der Waals surface area (Å²) in [6.07, 6.45) is 1.58. The van der Waals surface area contributed by atoms with Crippen molar-refractivity contribution in [3.8, 4) is 0 Å². The van der Waals surface area contributed by atoms with Crippen molar-refractivity contribution in [2.45, 2.75) is 0 Å². The van der Waals surface area contributed by atoms with Crippen LogP contribution < -0.4 is 15.3 Å². The fraction of sp³-hybridized carbons (Fsp3) is 0.111. The first-order chi connectivity index (χ1) is 11.9. The van der Waals surface area contributed by atoms with Gasteiger partial charge in [0.1, 0.15) is 5.57 Å². The lowest BCUT2D eigenvalue weighted by Crippen LogP contribution is -2.35. The number of benzene rings is 2. The molecule has 1 saturated heterocycles. The quantitative estimate of drug-likeness (QED) is 0.609. The van der Waals surface area contributed by atoms with E-state index in [1.807, 2.05) is 37.2 Å². The Labute approximate surface area is 159 Å². The zero-order chi connectivity index (χ0) is 18.1. The second-order valence-corrected chi connectivity index (χ2v) is 7.01. The highest BCUT2D eigenvalue weighted by Crippen LogP contribution is 2.28. The van der Waals surface area contributed by atoms with Gasteiger partial charge in [-0.1, -0.05) is 17.7 Å². The van der Waals surface area contributed by atoms with Crippen molar-refractivity contribution in [2.75, 3.05) is 24.0 Å². The molecule has 1 heterocycles. The number of hydrogen-bond acceptors (Lipinski definition) is 3. The maximum Gasteiger partial charge on any atom is 0.282 e. The van der Waals surface area contributed by atoms with Crippen LogP contribution in [0.1, 0.15) is 5.56 Å². The van der Waals surface area contributed by atoms with Gasteiger partial charge in [-0.25, -0.2) is 5.01 Å². The Morgan fingerprint density at radius 2 is 1.80 bits per heavy atom. The van der Waals surface area contributed by atoms with E-state index in [1.165, 1.54) is 5.01 Å². The van der Waals surface area contributed by atoms with Crippen LogP contribution in [0.15, 0.2) is 52.5 Å². The van der Waals surface area contributed by atoms with E-state index in [1.54, 1.807) is 30.3 Å². The van der Waals surface area contributed by atoms with Crippen molar-refractivity contribution in [1.29, 1.82) is 0 Å². The van der Waals surface area contributed by atoms with Crippen LogP contribution in [0.5, 0.6) is 0 Å². The molecule has 2 aromatic rings. The number of amides is 2. The molecule has 1 N–H and O–H groups in total. The van der Waals surface area contributed by atoms with E-state index in [0.29, 0.717) is 10.7 Å². The van der Waals surface area contributed by atoms with Gasteiger partial charge in [0.2, 0.25) is 0 Å². The van der Waals surface area contributed by atoms with Crippen LogP contribution in [0.4, 0.5) is 11.4 Å². The molecule has 0 saturated carbocycles. The molecule has 1 aliphatic rings. The first-order valence-corrected chi connectivity index (χ1v) is 8.63. The molecule has 3 rings (SSSR count). The van der Waals surface area contributed by atoms with Crippen LogP contribution in [0, 0.1) is 0 Å². The van der Waals surface area contributed by atoms with Gasteiger partial charge >= 0.3 is 0 Å². The molecular weight excluding hydrogens is 406 g/mol. The third kappa shape index (κ3) is 3.55. The minimum absolute atomic E-state index is 0.0828. The fourth-order valence-electron chi connectivity index (χ4n) is 2.47. The molecule has 0 spiro atoms. The molecule has 25 heavy (non-hydrogen) atoms. The monoisotopic (exact) mass is 419 g/mol. The number of carbonyl (C=O) groups is 2. The van der Waals surface area contributed by atoms with Crippen LogP contribution >= 0.6 is 27.5 Å². The maximum atomic E-state index is 12.6. The number of nitrogens with one attached hydrogen (secondary N) is 1. The first kappa shape index (κ1) is 17.5. The summed E-state index contributed by atoms with van der Waals surface area (Å²) in [5.74, 6) is -0.840. The number of nitrogens with zero attached hydrogens (tertiary/aromatic N) is 2. The SMILES string of the molecule is CN(C)c1ccc(/C=C2\C(=O)NN(c3ccc(Cl)cc3)C2=O)cc1Br. The van der Waals surface area contributed by atoms with Gasteiger partial charge in [0, 0.05) is 23.6 Å². The average molecular weight is 421 g/mol. The van der Waals surface area contributed by atoms with Gasteiger partial charge in [0.25, 0.3) is 11.8 Å². The molecule has 0 aromatic heterocycles. The Bertz CT molecular complexity index is 878. The van der Waals surface area contributed by atoms with Gasteiger partial charge in [-0.15, -0.1) is 0 Å². The Kier molecular flexibility index (Phi) is 4.83. The normalized spacial score (nSPS) is 15.7. The van der Waals surface area contributed by atoms with Gasteiger partial charge in [-0.05, 0) is 64.0 Å². The van der Waals surface area contributed by atoms with E-state index in [0.717, 1.165) is 15.7 Å². The Morgan fingerprint density at radius 3 is 2.40 bits per heavy atom. The van der Waals surface area contributed by atoms with Gasteiger partial charge in [0.05, 0.1) is 11.4 Å². The van der Waals surface area contributed by atoms with Crippen LogP contribution in [-0.2, 0) is 9.59 Å². The van der Waals surface area contributed by atoms with Crippen LogP contribution in [-0.4, -0.2) is 25.9 Å². The fourth-order valence-corrected chi connectivity index (χ4v) is 3.35. The molecule has 1 aliphatic heterocycles. The van der Waals surface area contributed by atoms with Gasteiger partial charge in [0.15, 0.2) is 0 Å². The summed E-state index contributed by atoms with van der Waals surface area (Å²) in [5, 5.41) is 1.77. The summed E-state index contributed by atoms with van der Waals surface area (Å²) < 4.78 is 0.882. The minimum atomic E-state index is -0.437. The molecule has 128 valence electrons. The standard InChI is InChI=1S/C18H15BrClN3O2/c1-22(2)16-8-3-11(10-15(16)19)9-14-17(24)21-23(18(14)25)13-6-4-12(20)5-7-13/h3-10H,1-2H3,(H,21,24)/b14-9+. The molecule has 0 bridgehead atoms. The van der Waals surface area contributed by atoms with Crippen molar-refractivity contribution in [1.82, 2.24) is 5.43 Å². The number of carbonyl (C=O) groups excluding carboxylic acids is 2. The Balaban J connectivity index is 1.91. The Hall–Kier alpha value is -2.31. The van der Waals surface area contributed by atoms with Crippen LogP contribution in [0.3, 0.4) is 0 Å². The third-order valence-electron chi connectivity index (χ3n) is 3.74. The van der Waals surface area contributed by atoms with Gasteiger partial charge < -0.3 is 4.90 Å². The molecule has 2 amide bonds. The molecule has 0 atom stereocenters. The van der Waals surface area contributed by atoms with Crippen molar-refractivity contribution in [2.24, 2.45) is 0 Å². The topological polar surface area (TPSA) is 52.7 Å². The summed E-state index contributed by atoms with van der Waals surface area (Å²) in [5.41, 5.74) is 4.97. The molecule has 0 unspecified atom stereocenters. The number of rotatable bonds is 3. The average Bonchev–Trinajstić information content (AvgIpc) is 2.83. The molecular formula is C18H15BrClN3O2. The minimum Gasteiger partial charge on any atom is -0.377 e. The maximum absolute atomic E-state index is 12.6. The van der Waals surface area contributed by atoms with E-state index in [-0.39, 0.29) is 5.57 Å². The summed E-state index contributed by atoms with van der Waals surface area (Å²) in [6.45, 7) is 0. The number of hydrogen-bond donors (Lipinski definition) is 1. The summed E-state index contributed by atoms with van der Waals surface area (Å²) in [6, 6.07) is 12.3. The van der Waals surface area contributed by atoms with Crippen LogP contribution in [0.25, 0.3) is 6.08 Å². The lowest BCUT2D eigenvalue weighted by Gasteiger charge is -2.15. The summed E-state index contributed by atoms with van der Waals surface area (Å²) in [7, 11) is 3.88. The van der Waals surface area contributed by atoms with Crippen LogP contribution in [0.2, 0.25) is 5.02 Å². The van der Waals surface area contributed by atoms with Gasteiger partial charge in [-0.2, -0.15) is 0 Å². The largest absolute Gasteiger partial charge is 0.377 e. The highest BCUT2D eigenvalue weighted by Gasteiger charge is 2.34. The smallest absolute Gasteiger partial charge is 0.282 e. The molecule has 0 aliphatic carbocycles. The highest BCUT2D eigenvalue weighted by molar-refractivity contribution is 9.10. The third-order valence-corrected chi connectivity index (χ3v) is 4.63. The first-order valence-electron chi connectivity index (χ1n) is 7.46. The van der Waals surface area contributed by atoms with Crippen molar-refractivity contribution < 1.29 is 9.59 Å². The number of halogens is 2. The molecule has 1 fully saturated rings. The van der Waals surface area contributed by atoms with E-state index in [2.05, 4.69) is 21.4 Å². The predicted molar refractivity (Wildman–Crippen MR) is 104 cm³/mol. The van der Waals surface area contributed by atoms with Crippen molar-refractivity contribution in [3.63, 3.8) is 0 Å². The highest BCUT2D eigenvalue weighted by atomic mass is 79.9. The van der Waals surface area contributed by atoms with E-state index in [4.69, 9.17) is 11.6 Å². The second-order valence-electron chi connectivity index (χ2n) is 5.72. The molecule has 5 nitrogen and oxygen atoms in total. The van der Waals surface area contributed by atoms with Gasteiger partial charge in [-0.3, -0.25) is 15.0 Å². The molecule has 7 heteroatoms. The molecule has 0 radical (unpaired) electrons. The summed E-state index contributed by atoms with van der Waals surface area (Å²) >= 11 is 9.36. The summed E-state index contributed by atoms with van der Waals surface area (Å²) in [4.78, 5) is 26.8. The number of hydrazine groups is 1. The zero-order valence-electron chi connectivity index (χ0n) is 13.6. The lowest BCUT2D eigenvalue weighted by molar-refractivity contribution is -0.117. The van der Waals surface area contributed by atoms with E-state index < -0.39 is 11.8 Å². The lowest BCUT2D eigenvalue weighted by atomic mass is 10.1. The Morgan fingerprint density at radius 1 is 1.12 bits per heavy atom.